The Kier molecular flexibility index (Phi) is 6.48. The van der Waals surface area contributed by atoms with Gasteiger partial charge in [0.15, 0.2) is 0 Å². The second-order valence-electron chi connectivity index (χ2n) is 9.69. The summed E-state index contributed by atoms with van der Waals surface area (Å²) in [4.78, 5) is 12.8. The predicted molar refractivity (Wildman–Crippen MR) is 134 cm³/mol. The molecule has 0 unspecified atom stereocenters. The average molecular weight is 463 g/mol. The molecule has 0 amide bonds. The maximum absolute atomic E-state index is 12.8. The second kappa shape index (κ2) is 9.21. The Morgan fingerprint density at radius 1 is 1.09 bits per heavy atom. The smallest absolute Gasteiger partial charge is 0.313 e. The fourth-order valence-electron chi connectivity index (χ4n) is 4.74. The molecular weight excluding hydrogens is 428 g/mol. The van der Waals surface area contributed by atoms with E-state index in [1.54, 1.807) is 7.11 Å². The third kappa shape index (κ3) is 4.44. The number of rotatable bonds is 6. The van der Waals surface area contributed by atoms with Gasteiger partial charge < -0.3 is 19.3 Å². The fraction of sp³-hybridized carbons (Fsp3) is 0.414. The Morgan fingerprint density at radius 3 is 2.53 bits per heavy atom. The van der Waals surface area contributed by atoms with Crippen LogP contribution in [0, 0.1) is 20.8 Å². The van der Waals surface area contributed by atoms with Crippen LogP contribution in [0.2, 0.25) is 0 Å². The van der Waals surface area contributed by atoms with Crippen LogP contribution in [-0.2, 0) is 16.0 Å². The summed E-state index contributed by atoms with van der Waals surface area (Å²) >= 11 is 0. The summed E-state index contributed by atoms with van der Waals surface area (Å²) < 4.78 is 17.4. The van der Waals surface area contributed by atoms with Crippen LogP contribution >= 0.6 is 0 Å². The van der Waals surface area contributed by atoms with Crippen molar-refractivity contribution < 1.29 is 24.1 Å². The van der Waals surface area contributed by atoms with Crippen molar-refractivity contribution in [2.45, 2.75) is 65.4 Å². The highest BCUT2D eigenvalue weighted by molar-refractivity contribution is 5.86. The van der Waals surface area contributed by atoms with Crippen LogP contribution in [0.25, 0.3) is 10.8 Å². The number of hydrogen-bond acceptors (Lipinski definition) is 5. The van der Waals surface area contributed by atoms with Crippen molar-refractivity contribution in [3.05, 3.63) is 64.2 Å². The Hall–Kier alpha value is -3.21. The van der Waals surface area contributed by atoms with Crippen molar-refractivity contribution in [2.75, 3.05) is 13.7 Å². The minimum absolute atomic E-state index is 0.236. The zero-order chi connectivity index (χ0) is 24.6. The molecule has 0 saturated heterocycles. The highest BCUT2D eigenvalue weighted by atomic mass is 16.5. The Morgan fingerprint density at radius 2 is 1.79 bits per heavy atom. The molecule has 0 radical (unpaired) electrons. The molecule has 1 aliphatic rings. The first kappa shape index (κ1) is 23.9. The largest absolute Gasteiger partial charge is 0.507 e. The van der Waals surface area contributed by atoms with Crippen LogP contribution in [-0.4, -0.2) is 30.4 Å². The molecule has 34 heavy (non-hydrogen) atoms. The molecule has 0 bridgehead atoms. The Bertz CT molecular complexity index is 1250. The summed E-state index contributed by atoms with van der Waals surface area (Å²) in [6.07, 6.45) is 2.25. The number of benzene rings is 3. The summed E-state index contributed by atoms with van der Waals surface area (Å²) in [7, 11) is 1.65. The summed E-state index contributed by atoms with van der Waals surface area (Å²) in [5.41, 5.74) is 4.32. The molecule has 1 N–H and O–H groups in total. The minimum atomic E-state index is -0.418. The van der Waals surface area contributed by atoms with Gasteiger partial charge in [0, 0.05) is 12.0 Å². The molecule has 3 aromatic rings. The third-order valence-corrected chi connectivity index (χ3v) is 7.39. The molecule has 1 heterocycles. The number of carbonyl (C=O) groups excluding carboxylic acids is 1. The van der Waals surface area contributed by atoms with E-state index in [1.807, 2.05) is 64.1 Å². The lowest BCUT2D eigenvalue weighted by atomic mass is 9.86. The Balaban J connectivity index is 1.40. The molecule has 0 spiro atoms. The molecule has 180 valence electrons. The molecule has 5 nitrogen and oxygen atoms in total. The molecule has 1 aliphatic heterocycles. The van der Waals surface area contributed by atoms with E-state index in [9.17, 15) is 9.90 Å². The molecule has 5 heteroatoms. The zero-order valence-electron chi connectivity index (χ0n) is 21.0. The van der Waals surface area contributed by atoms with Gasteiger partial charge in [-0.1, -0.05) is 24.3 Å². The van der Waals surface area contributed by atoms with Crippen LogP contribution in [0.5, 0.6) is 17.2 Å². The predicted octanol–water partition coefficient (Wildman–Crippen LogP) is 6.30. The van der Waals surface area contributed by atoms with Gasteiger partial charge in [-0.3, -0.25) is 4.79 Å². The molecule has 0 aromatic heterocycles. The molecule has 2 atom stereocenters. The van der Waals surface area contributed by atoms with Crippen LogP contribution in [0.1, 0.15) is 60.4 Å². The number of carbonyl (C=O) groups is 1. The number of aromatic hydroxyl groups is 1. The van der Waals surface area contributed by atoms with Gasteiger partial charge >= 0.3 is 5.97 Å². The number of phenols is 1. The highest BCUT2D eigenvalue weighted by Crippen LogP contribution is 2.44. The van der Waals surface area contributed by atoms with E-state index in [4.69, 9.17) is 14.2 Å². The van der Waals surface area contributed by atoms with E-state index >= 15 is 0 Å². The topological polar surface area (TPSA) is 65.0 Å². The van der Waals surface area contributed by atoms with Crippen molar-refractivity contribution >= 4 is 16.7 Å². The van der Waals surface area contributed by atoms with Gasteiger partial charge in [-0.05, 0) is 92.6 Å². The van der Waals surface area contributed by atoms with Crippen LogP contribution in [0.15, 0.2) is 36.4 Å². The summed E-state index contributed by atoms with van der Waals surface area (Å²) in [6, 6.07) is 11.9. The van der Waals surface area contributed by atoms with Crippen molar-refractivity contribution in [3.8, 4) is 17.2 Å². The monoisotopic (exact) mass is 462 g/mol. The first-order chi connectivity index (χ1) is 16.1. The summed E-state index contributed by atoms with van der Waals surface area (Å²) in [5, 5.41) is 12.5. The fourth-order valence-corrected chi connectivity index (χ4v) is 4.74. The number of esters is 1. The van der Waals surface area contributed by atoms with E-state index < -0.39 is 5.60 Å². The molecule has 4 rings (SSSR count). The first-order valence-corrected chi connectivity index (χ1v) is 11.9. The normalized spacial score (nSPS) is 18.2. The molecular formula is C29H34O5. The lowest BCUT2D eigenvalue weighted by Gasteiger charge is -2.38. The molecule has 0 fully saturated rings. The van der Waals surface area contributed by atoms with Gasteiger partial charge in [-0.15, -0.1) is 0 Å². The van der Waals surface area contributed by atoms with Gasteiger partial charge in [0.25, 0.3) is 0 Å². The third-order valence-electron chi connectivity index (χ3n) is 7.39. The van der Waals surface area contributed by atoms with Crippen molar-refractivity contribution in [3.63, 3.8) is 0 Å². The van der Waals surface area contributed by atoms with Crippen LogP contribution in [0.4, 0.5) is 0 Å². The van der Waals surface area contributed by atoms with E-state index in [-0.39, 0.29) is 11.9 Å². The van der Waals surface area contributed by atoms with Gasteiger partial charge in [0.1, 0.15) is 22.8 Å². The van der Waals surface area contributed by atoms with Gasteiger partial charge in [0.2, 0.25) is 0 Å². The molecule has 0 aliphatic carbocycles. The number of fused-ring (bicyclic) bond motifs is 2. The number of methoxy groups -OCH3 is 1. The first-order valence-electron chi connectivity index (χ1n) is 11.9. The number of ether oxygens (including phenoxy) is 3. The molecule has 3 aromatic carbocycles. The Labute approximate surface area is 201 Å². The summed E-state index contributed by atoms with van der Waals surface area (Å²) in [6.45, 7) is 10.1. The average Bonchev–Trinajstić information content (AvgIpc) is 2.84. The lowest BCUT2D eigenvalue weighted by molar-refractivity contribution is -0.146. The molecule has 0 saturated carbocycles. The van der Waals surface area contributed by atoms with Gasteiger partial charge in [0.05, 0.1) is 19.6 Å². The van der Waals surface area contributed by atoms with Crippen LogP contribution in [0.3, 0.4) is 0 Å². The quantitative estimate of drug-likeness (QED) is 0.436. The van der Waals surface area contributed by atoms with Crippen molar-refractivity contribution in [2.24, 2.45) is 0 Å². The summed E-state index contributed by atoms with van der Waals surface area (Å²) in [5.74, 6) is 1.45. The second-order valence-corrected chi connectivity index (χ2v) is 9.69. The standard InChI is InChI=1S/C29H34O5/c1-17-18(2)27-25(20(4)26(17)30)11-12-29(5,34-27)13-14-33-28(31)19(3)21-7-8-23-16-24(32-6)10-9-22(23)15-21/h7-10,15-16,19,30H,11-14H2,1-6H3/t19-,29+/m0/s1. The number of hydrogen-bond donors (Lipinski definition) is 1. The minimum Gasteiger partial charge on any atom is -0.507 e. The zero-order valence-corrected chi connectivity index (χ0v) is 21.0. The van der Waals surface area contributed by atoms with E-state index in [1.165, 1.54) is 0 Å². The van der Waals surface area contributed by atoms with E-state index in [0.29, 0.717) is 18.8 Å². The van der Waals surface area contributed by atoms with Crippen LogP contribution < -0.4 is 9.47 Å². The van der Waals surface area contributed by atoms with E-state index in [0.717, 1.165) is 62.9 Å². The maximum atomic E-state index is 12.8. The highest BCUT2D eigenvalue weighted by Gasteiger charge is 2.35. The van der Waals surface area contributed by atoms with Gasteiger partial charge in [-0.25, -0.2) is 0 Å². The SMILES string of the molecule is COc1ccc2cc([C@H](C)C(=O)OCC[C@@]3(C)CCc4c(C)c(O)c(C)c(C)c4O3)ccc2c1. The lowest BCUT2D eigenvalue weighted by Crippen LogP contribution is -2.38. The van der Waals surface area contributed by atoms with Crippen molar-refractivity contribution in [1.29, 1.82) is 0 Å². The maximum Gasteiger partial charge on any atom is 0.313 e. The van der Waals surface area contributed by atoms with Gasteiger partial charge in [-0.2, -0.15) is 0 Å². The van der Waals surface area contributed by atoms with Crippen molar-refractivity contribution in [1.82, 2.24) is 0 Å². The number of phenolic OH excluding ortho intramolecular Hbond substituents is 1. The van der Waals surface area contributed by atoms with E-state index in [2.05, 4.69) is 6.92 Å².